The highest BCUT2D eigenvalue weighted by atomic mass is 19.4. The fraction of sp³-hybridized carbons (Fsp3) is 0.333. The van der Waals surface area contributed by atoms with Crippen molar-refractivity contribution in [1.29, 1.82) is 0 Å². The first kappa shape index (κ1) is 12.3. The average Bonchev–Trinajstić information content (AvgIpc) is 2.19. The van der Waals surface area contributed by atoms with Crippen LogP contribution in [0.5, 0.6) is 0 Å². The summed E-state index contributed by atoms with van der Waals surface area (Å²) in [5.41, 5.74) is 3.57. The van der Waals surface area contributed by atoms with Crippen molar-refractivity contribution in [2.24, 2.45) is 0 Å². The zero-order valence-corrected chi connectivity index (χ0v) is 8.55. The van der Waals surface area contributed by atoms with Gasteiger partial charge in [-0.3, -0.25) is 0 Å². The topological polar surface area (TPSA) is 65.2 Å². The molecule has 0 amide bonds. The Labute approximate surface area is 89.2 Å². The first-order chi connectivity index (χ1) is 7.29. The highest BCUT2D eigenvalue weighted by Crippen LogP contribution is 2.34. The molecule has 1 heterocycles. The second-order valence-corrected chi connectivity index (χ2v) is 3.05. The van der Waals surface area contributed by atoms with Crippen molar-refractivity contribution in [2.75, 3.05) is 12.8 Å². The van der Waals surface area contributed by atoms with Gasteiger partial charge in [0.2, 0.25) is 0 Å². The number of carbonyl (C=O) groups is 1. The minimum atomic E-state index is -4.54. The van der Waals surface area contributed by atoms with Crippen molar-refractivity contribution in [3.63, 3.8) is 0 Å². The van der Waals surface area contributed by atoms with E-state index in [0.29, 0.717) is 6.20 Å². The highest BCUT2D eigenvalue weighted by Gasteiger charge is 2.34. The van der Waals surface area contributed by atoms with Crippen LogP contribution in [0.4, 0.5) is 18.9 Å². The maximum atomic E-state index is 12.4. The van der Waals surface area contributed by atoms with Gasteiger partial charge < -0.3 is 10.5 Å². The summed E-state index contributed by atoms with van der Waals surface area (Å²) < 4.78 is 41.6. The summed E-state index contributed by atoms with van der Waals surface area (Å²) >= 11 is 0. The predicted octanol–water partition coefficient (Wildman–Crippen LogP) is 1.78. The van der Waals surface area contributed by atoms with Gasteiger partial charge in [0.15, 0.2) is 5.69 Å². The maximum absolute atomic E-state index is 12.4. The Morgan fingerprint density at radius 1 is 1.50 bits per heavy atom. The average molecular weight is 234 g/mol. The van der Waals surface area contributed by atoms with Gasteiger partial charge in [0, 0.05) is 6.20 Å². The van der Waals surface area contributed by atoms with Crippen LogP contribution in [0.15, 0.2) is 6.20 Å². The van der Waals surface area contributed by atoms with Crippen LogP contribution in [0.3, 0.4) is 0 Å². The number of rotatable bonds is 1. The number of aromatic nitrogens is 1. The van der Waals surface area contributed by atoms with Gasteiger partial charge in [-0.25, -0.2) is 9.78 Å². The van der Waals surface area contributed by atoms with Crippen molar-refractivity contribution in [3.8, 4) is 0 Å². The second-order valence-electron chi connectivity index (χ2n) is 3.05. The van der Waals surface area contributed by atoms with Gasteiger partial charge in [-0.2, -0.15) is 13.2 Å². The lowest BCUT2D eigenvalue weighted by molar-refractivity contribution is -0.138. The van der Waals surface area contributed by atoms with Crippen LogP contribution in [-0.4, -0.2) is 18.1 Å². The number of ether oxygens (including phenoxy) is 1. The normalized spacial score (nSPS) is 11.3. The van der Waals surface area contributed by atoms with Crippen molar-refractivity contribution >= 4 is 11.7 Å². The van der Waals surface area contributed by atoms with Gasteiger partial charge >= 0.3 is 12.1 Å². The van der Waals surface area contributed by atoms with Crippen LogP contribution in [0.2, 0.25) is 0 Å². The van der Waals surface area contributed by atoms with Gasteiger partial charge in [0.1, 0.15) is 0 Å². The van der Waals surface area contributed by atoms with Crippen LogP contribution in [-0.2, 0) is 10.9 Å². The first-order valence-electron chi connectivity index (χ1n) is 4.19. The summed E-state index contributed by atoms with van der Waals surface area (Å²) in [7, 11) is 1.09. The number of nitrogens with zero attached hydrogens (tertiary/aromatic N) is 1. The standard InChI is InChI=1S/C9H9F3N2O2/c1-4-5(9(10,11)12)3-14-7(6(4)13)8(15)16-2/h3H,13H2,1-2H3. The molecule has 0 saturated heterocycles. The molecule has 0 fully saturated rings. The quantitative estimate of drug-likeness (QED) is 0.752. The van der Waals surface area contributed by atoms with Crippen LogP contribution in [0, 0.1) is 6.92 Å². The van der Waals surface area contributed by atoms with E-state index in [4.69, 9.17) is 5.73 Å². The third-order valence-corrected chi connectivity index (χ3v) is 2.07. The maximum Gasteiger partial charge on any atom is 0.418 e. The number of carbonyl (C=O) groups excluding carboxylic acids is 1. The van der Waals surface area contributed by atoms with Crippen molar-refractivity contribution in [1.82, 2.24) is 4.98 Å². The summed E-state index contributed by atoms with van der Waals surface area (Å²) in [4.78, 5) is 14.5. The van der Waals surface area contributed by atoms with Crippen molar-refractivity contribution in [2.45, 2.75) is 13.1 Å². The van der Waals surface area contributed by atoms with Gasteiger partial charge in [-0.05, 0) is 12.5 Å². The summed E-state index contributed by atoms with van der Waals surface area (Å²) in [6, 6.07) is 0. The third kappa shape index (κ3) is 2.07. The molecule has 0 radical (unpaired) electrons. The van der Waals surface area contributed by atoms with Crippen LogP contribution in [0.1, 0.15) is 21.6 Å². The van der Waals surface area contributed by atoms with E-state index in [1.807, 2.05) is 0 Å². The van der Waals surface area contributed by atoms with Crippen molar-refractivity contribution < 1.29 is 22.7 Å². The van der Waals surface area contributed by atoms with Crippen LogP contribution in [0.25, 0.3) is 0 Å². The number of anilines is 1. The van der Waals surface area contributed by atoms with E-state index in [-0.39, 0.29) is 16.9 Å². The molecule has 0 saturated carbocycles. The number of esters is 1. The van der Waals surface area contributed by atoms with E-state index in [1.54, 1.807) is 0 Å². The fourth-order valence-corrected chi connectivity index (χ4v) is 1.16. The summed E-state index contributed by atoms with van der Waals surface area (Å²) in [5.74, 6) is -0.866. The van der Waals surface area contributed by atoms with Gasteiger partial charge in [0.25, 0.3) is 0 Å². The lowest BCUT2D eigenvalue weighted by atomic mass is 10.1. The van der Waals surface area contributed by atoms with Crippen molar-refractivity contribution in [3.05, 3.63) is 23.0 Å². The fourth-order valence-electron chi connectivity index (χ4n) is 1.16. The molecule has 0 aliphatic rings. The molecule has 16 heavy (non-hydrogen) atoms. The molecule has 0 aromatic carbocycles. The molecule has 0 bridgehead atoms. The number of methoxy groups -OCH3 is 1. The Morgan fingerprint density at radius 3 is 2.50 bits per heavy atom. The number of nitrogen functional groups attached to an aromatic ring is 1. The van der Waals surface area contributed by atoms with Crippen LogP contribution >= 0.6 is 0 Å². The first-order valence-corrected chi connectivity index (χ1v) is 4.19. The predicted molar refractivity (Wildman–Crippen MR) is 49.7 cm³/mol. The summed E-state index contributed by atoms with van der Waals surface area (Å²) in [6.07, 6.45) is -3.97. The lowest BCUT2D eigenvalue weighted by Crippen LogP contribution is -2.15. The van der Waals surface area contributed by atoms with E-state index < -0.39 is 17.7 Å². The second kappa shape index (κ2) is 3.99. The molecule has 2 N–H and O–H groups in total. The monoisotopic (exact) mass is 234 g/mol. The SMILES string of the molecule is COC(=O)c1ncc(C(F)(F)F)c(C)c1N. The van der Waals surface area contributed by atoms with Gasteiger partial charge in [0.05, 0.1) is 18.4 Å². The molecule has 0 unspecified atom stereocenters. The van der Waals surface area contributed by atoms with Gasteiger partial charge in [-0.1, -0.05) is 0 Å². The molecule has 0 aliphatic carbocycles. The number of pyridine rings is 1. The van der Waals surface area contributed by atoms with E-state index in [9.17, 15) is 18.0 Å². The Bertz CT molecular complexity index is 429. The molecule has 0 spiro atoms. The molecule has 1 aromatic heterocycles. The minimum absolute atomic E-state index is 0.233. The summed E-state index contributed by atoms with van der Waals surface area (Å²) in [6.45, 7) is 1.17. The lowest BCUT2D eigenvalue weighted by Gasteiger charge is -2.13. The van der Waals surface area contributed by atoms with E-state index in [1.165, 1.54) is 6.92 Å². The minimum Gasteiger partial charge on any atom is -0.464 e. The zero-order valence-electron chi connectivity index (χ0n) is 8.55. The largest absolute Gasteiger partial charge is 0.464 e. The molecule has 1 aromatic rings. The van der Waals surface area contributed by atoms with E-state index >= 15 is 0 Å². The molecular formula is C9H9F3N2O2. The van der Waals surface area contributed by atoms with Gasteiger partial charge in [-0.15, -0.1) is 0 Å². The molecule has 1 rings (SSSR count). The van der Waals surface area contributed by atoms with Crippen LogP contribution < -0.4 is 5.73 Å². The zero-order chi connectivity index (χ0) is 12.5. The number of alkyl halides is 3. The number of hydrogen-bond acceptors (Lipinski definition) is 4. The smallest absolute Gasteiger partial charge is 0.418 e. The van der Waals surface area contributed by atoms with E-state index in [0.717, 1.165) is 7.11 Å². The molecule has 7 heteroatoms. The Balaban J connectivity index is 3.35. The molecule has 0 aliphatic heterocycles. The molecule has 4 nitrogen and oxygen atoms in total. The number of halogens is 3. The Kier molecular flexibility index (Phi) is 3.06. The summed E-state index contributed by atoms with van der Waals surface area (Å²) in [5, 5.41) is 0. The number of nitrogens with two attached hydrogens (primary N) is 1. The molecular weight excluding hydrogens is 225 g/mol. The van der Waals surface area contributed by atoms with E-state index in [2.05, 4.69) is 9.72 Å². The Hall–Kier alpha value is -1.79. The third-order valence-electron chi connectivity index (χ3n) is 2.07. The Morgan fingerprint density at radius 2 is 2.06 bits per heavy atom. The highest BCUT2D eigenvalue weighted by molar-refractivity contribution is 5.93. The molecule has 88 valence electrons. The molecule has 0 atom stereocenters. The number of hydrogen-bond donors (Lipinski definition) is 1.